The van der Waals surface area contributed by atoms with Crippen molar-refractivity contribution < 1.29 is 14.0 Å². The quantitative estimate of drug-likeness (QED) is 0.837. The van der Waals surface area contributed by atoms with Gasteiger partial charge < -0.3 is 14.2 Å². The minimum Gasteiger partial charge on any atom is -0.459 e. The van der Waals surface area contributed by atoms with Gasteiger partial charge in [-0.2, -0.15) is 5.10 Å². The van der Waals surface area contributed by atoms with Gasteiger partial charge in [0.2, 0.25) is 5.91 Å². The number of furan rings is 1. The number of rotatable bonds is 2. The van der Waals surface area contributed by atoms with Gasteiger partial charge in [-0.25, -0.2) is 0 Å². The van der Waals surface area contributed by atoms with Crippen LogP contribution < -0.4 is 4.90 Å². The van der Waals surface area contributed by atoms with Crippen LogP contribution in [0.1, 0.15) is 23.4 Å². The third-order valence-corrected chi connectivity index (χ3v) is 4.89. The fraction of sp³-hybridized carbons (Fsp3) is 0.438. The second-order valence-electron chi connectivity index (χ2n) is 6.31. The van der Waals surface area contributed by atoms with Crippen LogP contribution in [0.5, 0.6) is 0 Å². The lowest BCUT2D eigenvalue weighted by Crippen LogP contribution is -2.38. The Hall–Kier alpha value is -2.57. The standard InChI is InChI=1S/C16H18N4O3/c1-18-10-12(9-17-18)20-7-5-16(15(20)22)4-6-19(11-16)14(21)13-3-2-8-23-13/h2-3,8-10H,4-7,11H2,1H3. The molecule has 4 rings (SSSR count). The van der Waals surface area contributed by atoms with Crippen molar-refractivity contribution in [3.05, 3.63) is 36.5 Å². The van der Waals surface area contributed by atoms with Crippen LogP contribution in [0.4, 0.5) is 5.69 Å². The van der Waals surface area contributed by atoms with E-state index in [1.807, 2.05) is 13.2 Å². The molecule has 2 aromatic rings. The highest BCUT2D eigenvalue weighted by atomic mass is 16.3. The lowest BCUT2D eigenvalue weighted by molar-refractivity contribution is -0.124. The minimum atomic E-state index is -0.460. The van der Waals surface area contributed by atoms with Gasteiger partial charge in [-0.15, -0.1) is 0 Å². The zero-order valence-corrected chi connectivity index (χ0v) is 12.9. The zero-order valence-electron chi connectivity index (χ0n) is 12.9. The monoisotopic (exact) mass is 314 g/mol. The van der Waals surface area contributed by atoms with Crippen molar-refractivity contribution in [2.45, 2.75) is 12.8 Å². The second kappa shape index (κ2) is 4.97. The van der Waals surface area contributed by atoms with Crippen LogP contribution in [0.25, 0.3) is 0 Å². The number of likely N-dealkylation sites (tertiary alicyclic amines) is 1. The first-order valence-electron chi connectivity index (χ1n) is 7.72. The number of hydrogen-bond donors (Lipinski definition) is 0. The Morgan fingerprint density at radius 3 is 2.87 bits per heavy atom. The summed E-state index contributed by atoms with van der Waals surface area (Å²) in [4.78, 5) is 28.8. The average Bonchev–Trinajstić information content (AvgIpc) is 3.30. The van der Waals surface area contributed by atoms with Gasteiger partial charge >= 0.3 is 0 Å². The topological polar surface area (TPSA) is 71.6 Å². The maximum atomic E-state index is 12.9. The molecule has 2 amide bonds. The van der Waals surface area contributed by atoms with E-state index in [0.29, 0.717) is 31.8 Å². The predicted molar refractivity (Wildman–Crippen MR) is 81.8 cm³/mol. The molecule has 2 aliphatic rings. The van der Waals surface area contributed by atoms with Crippen LogP contribution >= 0.6 is 0 Å². The largest absolute Gasteiger partial charge is 0.459 e. The lowest BCUT2D eigenvalue weighted by Gasteiger charge is -2.22. The first-order valence-corrected chi connectivity index (χ1v) is 7.72. The van der Waals surface area contributed by atoms with E-state index in [9.17, 15) is 9.59 Å². The summed E-state index contributed by atoms with van der Waals surface area (Å²) in [7, 11) is 1.83. The van der Waals surface area contributed by atoms with E-state index in [-0.39, 0.29) is 11.8 Å². The predicted octanol–water partition coefficient (Wildman–Crippen LogP) is 1.28. The lowest BCUT2D eigenvalue weighted by atomic mass is 9.85. The SMILES string of the molecule is Cn1cc(N2CCC3(CCN(C(=O)c4ccco4)C3)C2=O)cn1. The fourth-order valence-corrected chi connectivity index (χ4v) is 3.60. The summed E-state index contributed by atoms with van der Waals surface area (Å²) in [6, 6.07) is 3.36. The normalized spacial score (nSPS) is 24.1. The molecule has 2 aromatic heterocycles. The second-order valence-corrected chi connectivity index (χ2v) is 6.31. The van der Waals surface area contributed by atoms with E-state index in [4.69, 9.17) is 4.42 Å². The Morgan fingerprint density at radius 2 is 2.17 bits per heavy atom. The van der Waals surface area contributed by atoms with E-state index in [1.165, 1.54) is 6.26 Å². The Balaban J connectivity index is 1.52. The molecule has 0 aromatic carbocycles. The number of aryl methyl sites for hydroxylation is 1. The van der Waals surface area contributed by atoms with E-state index < -0.39 is 5.41 Å². The molecule has 7 heteroatoms. The highest BCUT2D eigenvalue weighted by Crippen LogP contribution is 2.42. The van der Waals surface area contributed by atoms with Gasteiger partial charge in [-0.1, -0.05) is 0 Å². The van der Waals surface area contributed by atoms with E-state index >= 15 is 0 Å². The molecule has 1 spiro atoms. The summed E-state index contributed by atoms with van der Waals surface area (Å²) in [5.74, 6) is 0.288. The maximum absolute atomic E-state index is 12.9. The number of anilines is 1. The molecule has 7 nitrogen and oxygen atoms in total. The molecule has 2 saturated heterocycles. The summed E-state index contributed by atoms with van der Waals surface area (Å²) < 4.78 is 6.87. The highest BCUT2D eigenvalue weighted by Gasteiger charge is 2.52. The van der Waals surface area contributed by atoms with Crippen LogP contribution in [0, 0.1) is 5.41 Å². The van der Waals surface area contributed by atoms with Gasteiger partial charge in [0.15, 0.2) is 5.76 Å². The van der Waals surface area contributed by atoms with Crippen LogP contribution in [0.2, 0.25) is 0 Å². The molecule has 0 bridgehead atoms. The number of nitrogens with zero attached hydrogens (tertiary/aromatic N) is 4. The molecule has 2 aliphatic heterocycles. The molecule has 120 valence electrons. The van der Waals surface area contributed by atoms with Crippen LogP contribution in [0.15, 0.2) is 35.2 Å². The first-order chi connectivity index (χ1) is 11.1. The molecule has 0 saturated carbocycles. The van der Waals surface area contributed by atoms with E-state index in [2.05, 4.69) is 5.10 Å². The third kappa shape index (κ3) is 2.15. The Bertz CT molecular complexity index is 751. The summed E-state index contributed by atoms with van der Waals surface area (Å²) >= 11 is 0. The molecule has 4 heterocycles. The molecule has 0 aliphatic carbocycles. The van der Waals surface area contributed by atoms with Crippen molar-refractivity contribution in [2.24, 2.45) is 12.5 Å². The van der Waals surface area contributed by atoms with E-state index in [0.717, 1.165) is 12.1 Å². The smallest absolute Gasteiger partial charge is 0.289 e. The Morgan fingerprint density at radius 1 is 1.35 bits per heavy atom. The minimum absolute atomic E-state index is 0.0974. The fourth-order valence-electron chi connectivity index (χ4n) is 3.60. The third-order valence-electron chi connectivity index (χ3n) is 4.89. The van der Waals surface area contributed by atoms with Gasteiger partial charge in [-0.3, -0.25) is 14.3 Å². The van der Waals surface area contributed by atoms with Crippen molar-refractivity contribution in [3.63, 3.8) is 0 Å². The summed E-state index contributed by atoms with van der Waals surface area (Å²) in [5, 5.41) is 4.13. The number of carbonyl (C=O) groups excluding carboxylic acids is 2. The Labute approximate surface area is 133 Å². The summed E-state index contributed by atoms with van der Waals surface area (Å²) in [5.41, 5.74) is 0.364. The highest BCUT2D eigenvalue weighted by molar-refractivity contribution is 6.01. The molecular weight excluding hydrogens is 296 g/mol. The molecule has 2 fully saturated rings. The number of aromatic nitrogens is 2. The average molecular weight is 314 g/mol. The summed E-state index contributed by atoms with van der Waals surface area (Å²) in [6.07, 6.45) is 6.51. The maximum Gasteiger partial charge on any atom is 0.289 e. The van der Waals surface area contributed by atoms with Crippen LogP contribution in [0.3, 0.4) is 0 Å². The van der Waals surface area contributed by atoms with Crippen molar-refractivity contribution in [1.82, 2.24) is 14.7 Å². The number of carbonyl (C=O) groups is 2. The first kappa shape index (κ1) is 14.0. The van der Waals surface area contributed by atoms with Crippen molar-refractivity contribution in [2.75, 3.05) is 24.5 Å². The van der Waals surface area contributed by atoms with Gasteiger partial charge in [0.05, 0.1) is 23.6 Å². The van der Waals surface area contributed by atoms with Gasteiger partial charge in [0, 0.05) is 32.9 Å². The molecule has 0 N–H and O–H groups in total. The van der Waals surface area contributed by atoms with Crippen LogP contribution in [-0.4, -0.2) is 46.1 Å². The molecule has 1 unspecified atom stereocenters. The molecule has 23 heavy (non-hydrogen) atoms. The number of hydrogen-bond acceptors (Lipinski definition) is 4. The van der Waals surface area contributed by atoms with Gasteiger partial charge in [-0.05, 0) is 25.0 Å². The molecule has 1 atom stereocenters. The van der Waals surface area contributed by atoms with Crippen molar-refractivity contribution in [1.29, 1.82) is 0 Å². The molecular formula is C16H18N4O3. The van der Waals surface area contributed by atoms with Crippen molar-refractivity contribution >= 4 is 17.5 Å². The van der Waals surface area contributed by atoms with Crippen molar-refractivity contribution in [3.8, 4) is 0 Å². The Kier molecular flexibility index (Phi) is 3.04. The molecule has 0 radical (unpaired) electrons. The van der Waals surface area contributed by atoms with Gasteiger partial charge in [0.25, 0.3) is 5.91 Å². The zero-order chi connectivity index (χ0) is 16.0. The number of amides is 2. The summed E-state index contributed by atoms with van der Waals surface area (Å²) in [6.45, 7) is 1.72. The van der Waals surface area contributed by atoms with E-state index in [1.54, 1.807) is 32.8 Å². The van der Waals surface area contributed by atoms with Gasteiger partial charge in [0.1, 0.15) is 0 Å². The van der Waals surface area contributed by atoms with Crippen LogP contribution in [-0.2, 0) is 11.8 Å².